The molecule has 2 amide bonds. The van der Waals surface area contributed by atoms with Gasteiger partial charge in [0, 0.05) is 49.1 Å². The highest BCUT2D eigenvalue weighted by molar-refractivity contribution is 7.98. The largest absolute Gasteiger partial charge is 0.497 e. The lowest BCUT2D eigenvalue weighted by atomic mass is 9.95. The summed E-state index contributed by atoms with van der Waals surface area (Å²) in [5.41, 5.74) is 2.35. The van der Waals surface area contributed by atoms with Crippen molar-refractivity contribution >= 4 is 58.8 Å². The van der Waals surface area contributed by atoms with Crippen LogP contribution in [0.15, 0.2) is 59.9 Å². The molecule has 1 fully saturated rings. The molecule has 228 valence electrons. The minimum Gasteiger partial charge on any atom is -0.497 e. The van der Waals surface area contributed by atoms with Crippen molar-refractivity contribution in [3.63, 3.8) is 0 Å². The Morgan fingerprint density at radius 3 is 2.60 bits per heavy atom. The van der Waals surface area contributed by atoms with E-state index in [2.05, 4.69) is 10.3 Å². The maximum absolute atomic E-state index is 13.1. The molecule has 0 unspecified atom stereocenters. The molecule has 1 aromatic heterocycles. The summed E-state index contributed by atoms with van der Waals surface area (Å²) >= 11 is 14.2. The zero-order chi connectivity index (χ0) is 30.9. The average molecular weight is 646 g/mol. The van der Waals surface area contributed by atoms with Gasteiger partial charge in [0.1, 0.15) is 11.8 Å². The molecule has 0 bridgehead atoms. The maximum atomic E-state index is 13.1. The summed E-state index contributed by atoms with van der Waals surface area (Å²) in [6.45, 7) is 1.41. The number of hydrogen-bond acceptors (Lipinski definition) is 7. The molecular formula is C31H34Cl2N4O5S. The minimum absolute atomic E-state index is 0.169. The molecule has 43 heavy (non-hydrogen) atoms. The molecule has 1 aliphatic heterocycles. The Morgan fingerprint density at radius 1 is 1.14 bits per heavy atom. The van der Waals surface area contributed by atoms with E-state index in [1.165, 1.54) is 24.9 Å². The van der Waals surface area contributed by atoms with Crippen molar-refractivity contribution < 1.29 is 23.9 Å². The number of ether oxygens (including phenoxy) is 2. The fourth-order valence-electron chi connectivity index (χ4n) is 4.88. The number of hydrogen-bond donors (Lipinski definition) is 1. The number of thioether (sulfide) groups is 1. The molecule has 0 radical (unpaired) electrons. The van der Waals surface area contributed by atoms with Gasteiger partial charge < -0.3 is 24.3 Å². The van der Waals surface area contributed by atoms with Crippen molar-refractivity contribution in [1.29, 1.82) is 0 Å². The first-order chi connectivity index (χ1) is 20.7. The van der Waals surface area contributed by atoms with Crippen molar-refractivity contribution in [2.75, 3.05) is 33.6 Å². The van der Waals surface area contributed by atoms with Gasteiger partial charge in [0.25, 0.3) is 0 Å². The van der Waals surface area contributed by atoms with Crippen LogP contribution in [0, 0.1) is 5.92 Å². The molecule has 1 aliphatic rings. The summed E-state index contributed by atoms with van der Waals surface area (Å²) in [7, 11) is 2.91. The van der Waals surface area contributed by atoms with Crippen molar-refractivity contribution in [2.24, 2.45) is 5.92 Å². The molecule has 0 saturated carbocycles. The van der Waals surface area contributed by atoms with Crippen LogP contribution in [0.5, 0.6) is 5.75 Å². The van der Waals surface area contributed by atoms with Gasteiger partial charge in [0.2, 0.25) is 11.8 Å². The van der Waals surface area contributed by atoms with Gasteiger partial charge in [-0.05, 0) is 54.5 Å². The Bertz CT molecular complexity index is 1490. The van der Waals surface area contributed by atoms with Gasteiger partial charge in [0.15, 0.2) is 0 Å². The lowest BCUT2D eigenvalue weighted by Gasteiger charge is -2.31. The predicted octanol–water partition coefficient (Wildman–Crippen LogP) is 5.12. The standard InChI is InChI=1S/C31H34Cl2N4O5S/c1-41-24-6-4-5-20(15-24)17-36-18-23(34-19-36)16-25(31(40)42-2)35-30(39)22-11-13-37(14-12-22)27(38)10-8-21-7-9-26(43-3)29(33)28(21)32/h4-10,15,18-19,22,25H,11-14,16-17H2,1-3H3,(H,35,39)/b10-8+/t25-/m0/s1. The van der Waals surface area contributed by atoms with E-state index in [0.29, 0.717) is 53.8 Å². The van der Waals surface area contributed by atoms with E-state index in [9.17, 15) is 14.4 Å². The predicted molar refractivity (Wildman–Crippen MR) is 169 cm³/mol. The summed E-state index contributed by atoms with van der Waals surface area (Å²) in [5, 5.41) is 3.71. The van der Waals surface area contributed by atoms with Crippen molar-refractivity contribution in [1.82, 2.24) is 19.8 Å². The fourth-order valence-corrected chi connectivity index (χ4v) is 6.05. The molecule has 2 aromatic carbocycles. The van der Waals surface area contributed by atoms with Crippen LogP contribution in [-0.4, -0.2) is 71.8 Å². The number of esters is 1. The van der Waals surface area contributed by atoms with Crippen LogP contribution in [0.1, 0.15) is 29.7 Å². The van der Waals surface area contributed by atoms with E-state index in [0.717, 1.165) is 16.2 Å². The van der Waals surface area contributed by atoms with E-state index in [4.69, 9.17) is 32.7 Å². The number of nitrogens with one attached hydrogen (secondary N) is 1. The van der Waals surface area contributed by atoms with Gasteiger partial charge in [-0.25, -0.2) is 9.78 Å². The van der Waals surface area contributed by atoms with Crippen LogP contribution in [0.3, 0.4) is 0 Å². The third-order valence-corrected chi connectivity index (χ3v) is 9.07. The number of amides is 2. The number of aromatic nitrogens is 2. The van der Waals surface area contributed by atoms with Crippen LogP contribution < -0.4 is 10.1 Å². The van der Waals surface area contributed by atoms with Gasteiger partial charge in [-0.3, -0.25) is 9.59 Å². The molecule has 0 spiro atoms. The summed E-state index contributed by atoms with van der Waals surface area (Å²) in [4.78, 5) is 45.5. The number of imidazole rings is 1. The number of nitrogens with zero attached hydrogens (tertiary/aromatic N) is 3. The van der Waals surface area contributed by atoms with Crippen molar-refractivity contribution in [3.05, 3.63) is 81.9 Å². The summed E-state index contributed by atoms with van der Waals surface area (Å²) in [6, 6.07) is 10.5. The number of carbonyl (C=O) groups excluding carboxylic acids is 3. The molecule has 1 N–H and O–H groups in total. The van der Waals surface area contributed by atoms with Crippen LogP contribution in [0.25, 0.3) is 6.08 Å². The quantitative estimate of drug-likeness (QED) is 0.176. The maximum Gasteiger partial charge on any atom is 0.328 e. The Morgan fingerprint density at radius 2 is 1.91 bits per heavy atom. The molecule has 0 aliphatic carbocycles. The molecular weight excluding hydrogens is 611 g/mol. The van der Waals surface area contributed by atoms with Gasteiger partial charge in [0.05, 0.1) is 36.3 Å². The Hall–Kier alpha value is -3.47. The highest BCUT2D eigenvalue weighted by Crippen LogP contribution is 2.35. The number of carbonyl (C=O) groups is 3. The number of likely N-dealkylation sites (tertiary alicyclic amines) is 1. The van der Waals surface area contributed by atoms with Gasteiger partial charge in [-0.15, -0.1) is 11.8 Å². The summed E-state index contributed by atoms with van der Waals surface area (Å²) in [6.07, 6.45) is 9.71. The molecule has 1 atom stereocenters. The Labute approximate surface area is 265 Å². The number of halogens is 2. The highest BCUT2D eigenvalue weighted by atomic mass is 35.5. The monoisotopic (exact) mass is 644 g/mol. The van der Waals surface area contributed by atoms with E-state index >= 15 is 0 Å². The molecule has 12 heteroatoms. The van der Waals surface area contributed by atoms with Crippen molar-refractivity contribution in [3.8, 4) is 5.75 Å². The first kappa shape index (κ1) is 32.4. The lowest BCUT2D eigenvalue weighted by molar-refractivity contribution is -0.145. The average Bonchev–Trinajstić information content (AvgIpc) is 3.47. The first-order valence-electron chi connectivity index (χ1n) is 13.7. The normalized spacial score (nSPS) is 14.5. The van der Waals surface area contributed by atoms with E-state index in [1.807, 2.05) is 53.4 Å². The topological polar surface area (TPSA) is 103 Å². The third-order valence-electron chi connectivity index (χ3n) is 7.28. The van der Waals surface area contributed by atoms with Crippen LogP contribution >= 0.6 is 35.0 Å². The SMILES string of the molecule is COC(=O)[C@H](Cc1cn(Cc2cccc(OC)c2)cn1)NC(=O)C1CCN(C(=O)/C=C/c2ccc(SC)c(Cl)c2Cl)CC1. The second-order valence-electron chi connectivity index (χ2n) is 10.1. The fraction of sp³-hybridized carbons (Fsp3) is 0.355. The smallest absolute Gasteiger partial charge is 0.328 e. The van der Waals surface area contributed by atoms with E-state index in [1.54, 1.807) is 24.4 Å². The van der Waals surface area contributed by atoms with E-state index < -0.39 is 12.0 Å². The van der Waals surface area contributed by atoms with Crippen molar-refractivity contribution in [2.45, 2.75) is 36.7 Å². The molecule has 2 heterocycles. The first-order valence-corrected chi connectivity index (χ1v) is 15.7. The molecule has 1 saturated heterocycles. The second-order valence-corrected chi connectivity index (χ2v) is 11.7. The third kappa shape index (κ3) is 8.55. The second kappa shape index (κ2) is 15.3. The minimum atomic E-state index is -0.880. The number of rotatable bonds is 11. The number of benzene rings is 2. The Balaban J connectivity index is 1.30. The van der Waals surface area contributed by atoms with Crippen LogP contribution in [0.2, 0.25) is 10.0 Å². The molecule has 9 nitrogen and oxygen atoms in total. The molecule has 3 aromatic rings. The number of methoxy groups -OCH3 is 2. The highest BCUT2D eigenvalue weighted by Gasteiger charge is 2.30. The van der Waals surface area contributed by atoms with E-state index in [-0.39, 0.29) is 24.2 Å². The van der Waals surface area contributed by atoms with Gasteiger partial charge >= 0.3 is 5.97 Å². The van der Waals surface area contributed by atoms with Gasteiger partial charge in [-0.1, -0.05) is 41.4 Å². The van der Waals surface area contributed by atoms with Gasteiger partial charge in [-0.2, -0.15) is 0 Å². The van der Waals surface area contributed by atoms with Crippen LogP contribution in [0.4, 0.5) is 0 Å². The summed E-state index contributed by atoms with van der Waals surface area (Å²) in [5.74, 6) is -0.526. The lowest BCUT2D eigenvalue weighted by Crippen LogP contribution is -2.48. The number of piperidine rings is 1. The Kier molecular flexibility index (Phi) is 11.6. The summed E-state index contributed by atoms with van der Waals surface area (Å²) < 4.78 is 12.2. The van der Waals surface area contributed by atoms with Crippen LogP contribution in [-0.2, 0) is 32.1 Å². The zero-order valence-corrected chi connectivity index (χ0v) is 26.5. The molecule has 4 rings (SSSR count). The zero-order valence-electron chi connectivity index (χ0n) is 24.2.